The highest BCUT2D eigenvalue weighted by Gasteiger charge is 2.11. The lowest BCUT2D eigenvalue weighted by Crippen LogP contribution is -2.01. The third kappa shape index (κ3) is 3.08. The Morgan fingerprint density at radius 1 is 1.09 bits per heavy atom. The highest BCUT2D eigenvalue weighted by Crippen LogP contribution is 2.31. The molecule has 2 aromatic carbocycles. The van der Waals surface area contributed by atoms with E-state index in [1.807, 2.05) is 42.5 Å². The van der Waals surface area contributed by atoms with Crippen molar-refractivity contribution in [2.75, 3.05) is 0 Å². The lowest BCUT2D eigenvalue weighted by molar-refractivity contribution is 0.777. The molecule has 0 amide bonds. The molecule has 0 unspecified atom stereocenters. The molecule has 0 aliphatic heterocycles. The first-order valence-corrected chi connectivity index (χ1v) is 8.99. The molecule has 0 N–H and O–H groups in total. The summed E-state index contributed by atoms with van der Waals surface area (Å²) in [5.74, 6) is 1.42. The smallest absolute Gasteiger partial charge is 0.167 e. The second-order valence-electron chi connectivity index (χ2n) is 4.72. The second-order valence-corrected chi connectivity index (χ2v) is 7.41. The zero-order valence-corrected chi connectivity index (χ0v) is 14.1. The minimum atomic E-state index is 0.648. The summed E-state index contributed by atoms with van der Waals surface area (Å²) in [6, 6.07) is 15.6. The first-order valence-electron chi connectivity index (χ1n) is 6.81. The van der Waals surface area contributed by atoms with Gasteiger partial charge in [0.2, 0.25) is 0 Å². The van der Waals surface area contributed by atoms with Crippen molar-refractivity contribution in [3.63, 3.8) is 0 Å². The average molecular weight is 360 g/mol. The largest absolute Gasteiger partial charge is 0.230 e. The van der Waals surface area contributed by atoms with Crippen LogP contribution >= 0.6 is 34.7 Å². The van der Waals surface area contributed by atoms with Crippen LogP contribution in [0.3, 0.4) is 0 Å². The molecule has 0 radical (unpaired) electrons. The van der Waals surface area contributed by atoms with Crippen LogP contribution < -0.4 is 0 Å². The van der Waals surface area contributed by atoms with Crippen LogP contribution in [0.25, 0.3) is 15.9 Å². The predicted octanol–water partition coefficient (Wildman–Crippen LogP) is 4.22. The maximum Gasteiger partial charge on any atom is 0.167 e. The number of rotatable bonds is 4. The molecule has 4 rings (SSSR count). The first kappa shape index (κ1) is 14.6. The van der Waals surface area contributed by atoms with E-state index >= 15 is 0 Å². The summed E-state index contributed by atoms with van der Waals surface area (Å²) in [5, 5.41) is 12.6. The van der Waals surface area contributed by atoms with Crippen LogP contribution in [0.2, 0.25) is 5.02 Å². The molecule has 0 saturated heterocycles. The van der Waals surface area contributed by atoms with Gasteiger partial charge < -0.3 is 0 Å². The van der Waals surface area contributed by atoms with E-state index < -0.39 is 0 Å². The maximum atomic E-state index is 5.92. The van der Waals surface area contributed by atoms with Crippen molar-refractivity contribution in [1.29, 1.82) is 0 Å². The predicted molar refractivity (Wildman–Crippen MR) is 93.3 cm³/mol. The number of para-hydroxylation sites is 1. The zero-order chi connectivity index (χ0) is 15.6. The topological polar surface area (TPSA) is 56.5 Å². The van der Waals surface area contributed by atoms with Crippen LogP contribution in [0.4, 0.5) is 0 Å². The van der Waals surface area contributed by atoms with Gasteiger partial charge in [-0.1, -0.05) is 35.5 Å². The molecule has 114 valence electrons. The Bertz CT molecular complexity index is 915. The first-order chi connectivity index (χ1) is 11.3. The molecular formula is C15H10ClN5S2. The Kier molecular flexibility index (Phi) is 3.99. The fourth-order valence-electron chi connectivity index (χ4n) is 2.12. The Morgan fingerprint density at radius 2 is 1.91 bits per heavy atom. The normalized spacial score (nSPS) is 11.2. The summed E-state index contributed by atoms with van der Waals surface area (Å²) in [4.78, 5) is 4.61. The zero-order valence-electron chi connectivity index (χ0n) is 11.8. The third-order valence-corrected chi connectivity index (χ3v) is 5.63. The molecule has 8 heteroatoms. The van der Waals surface area contributed by atoms with Crippen molar-refractivity contribution in [2.45, 2.75) is 10.1 Å². The van der Waals surface area contributed by atoms with E-state index in [1.54, 1.807) is 27.8 Å². The lowest BCUT2D eigenvalue weighted by atomic mass is 10.3. The van der Waals surface area contributed by atoms with Gasteiger partial charge in [0.05, 0.1) is 21.7 Å². The van der Waals surface area contributed by atoms with Crippen molar-refractivity contribution in [1.82, 2.24) is 25.2 Å². The van der Waals surface area contributed by atoms with Gasteiger partial charge in [0.25, 0.3) is 0 Å². The Hall–Kier alpha value is -1.96. The number of thiazole rings is 1. The van der Waals surface area contributed by atoms with Crippen molar-refractivity contribution in [3.8, 4) is 5.69 Å². The van der Waals surface area contributed by atoms with E-state index in [0.717, 1.165) is 21.4 Å². The number of hydrogen-bond donors (Lipinski definition) is 0. The van der Waals surface area contributed by atoms with Gasteiger partial charge in [0.15, 0.2) is 10.2 Å². The van der Waals surface area contributed by atoms with Gasteiger partial charge >= 0.3 is 0 Å². The molecule has 2 aromatic heterocycles. The van der Waals surface area contributed by atoms with Gasteiger partial charge in [0, 0.05) is 5.02 Å². The number of thioether (sulfide) groups is 1. The molecule has 2 heterocycles. The second kappa shape index (κ2) is 6.27. The van der Waals surface area contributed by atoms with Gasteiger partial charge in [-0.3, -0.25) is 0 Å². The van der Waals surface area contributed by atoms with E-state index in [1.165, 1.54) is 4.70 Å². The van der Waals surface area contributed by atoms with Crippen molar-refractivity contribution in [2.24, 2.45) is 0 Å². The van der Waals surface area contributed by atoms with Gasteiger partial charge in [-0.05, 0) is 46.8 Å². The fourth-order valence-corrected chi connectivity index (χ4v) is 4.22. The number of benzene rings is 2. The van der Waals surface area contributed by atoms with Crippen LogP contribution in [0, 0.1) is 0 Å². The summed E-state index contributed by atoms with van der Waals surface area (Å²) < 4.78 is 3.92. The van der Waals surface area contributed by atoms with Crippen molar-refractivity contribution in [3.05, 3.63) is 59.4 Å². The van der Waals surface area contributed by atoms with Crippen molar-refractivity contribution >= 4 is 44.9 Å². The number of halogens is 1. The molecule has 0 spiro atoms. The van der Waals surface area contributed by atoms with Crippen molar-refractivity contribution < 1.29 is 0 Å². The highest BCUT2D eigenvalue weighted by molar-refractivity contribution is 8.00. The fraction of sp³-hybridized carbons (Fsp3) is 0.0667. The molecule has 5 nitrogen and oxygen atoms in total. The molecule has 4 aromatic rings. The maximum absolute atomic E-state index is 5.92. The molecule has 0 fully saturated rings. The van der Waals surface area contributed by atoms with Crippen LogP contribution in [0.15, 0.2) is 52.9 Å². The van der Waals surface area contributed by atoms with E-state index in [9.17, 15) is 0 Å². The Labute approximate surface area is 145 Å². The molecular weight excluding hydrogens is 350 g/mol. The third-order valence-electron chi connectivity index (χ3n) is 3.20. The SMILES string of the molecule is Clc1ccc(-n2nnnc2CSc2nc3ccccc3s2)cc1. The van der Waals surface area contributed by atoms with Crippen LogP contribution in [-0.4, -0.2) is 25.2 Å². The summed E-state index contributed by atoms with van der Waals surface area (Å²) in [5.41, 5.74) is 1.91. The van der Waals surface area contributed by atoms with Crippen LogP contribution in [-0.2, 0) is 5.75 Å². The minimum Gasteiger partial charge on any atom is -0.230 e. The summed E-state index contributed by atoms with van der Waals surface area (Å²) in [6.45, 7) is 0. The summed E-state index contributed by atoms with van der Waals surface area (Å²) in [7, 11) is 0. The van der Waals surface area contributed by atoms with E-state index in [4.69, 9.17) is 11.6 Å². The molecule has 0 aliphatic carbocycles. The van der Waals surface area contributed by atoms with E-state index in [0.29, 0.717) is 10.8 Å². The standard InChI is InChI=1S/C15H10ClN5S2/c16-10-5-7-11(8-6-10)21-14(18-19-20-21)9-22-15-17-12-3-1-2-4-13(12)23-15/h1-8H,9H2. The molecule has 0 saturated carbocycles. The number of hydrogen-bond acceptors (Lipinski definition) is 6. The Balaban J connectivity index is 1.55. The van der Waals surface area contributed by atoms with Gasteiger partial charge in [-0.15, -0.1) is 16.4 Å². The molecule has 0 bridgehead atoms. The minimum absolute atomic E-state index is 0.648. The summed E-state index contributed by atoms with van der Waals surface area (Å²) >= 11 is 9.23. The average Bonchev–Trinajstić information content (AvgIpc) is 3.19. The monoisotopic (exact) mass is 359 g/mol. The van der Waals surface area contributed by atoms with E-state index in [-0.39, 0.29) is 0 Å². The van der Waals surface area contributed by atoms with Gasteiger partial charge in [0.1, 0.15) is 0 Å². The Morgan fingerprint density at radius 3 is 2.74 bits per heavy atom. The van der Waals surface area contributed by atoms with E-state index in [2.05, 4.69) is 26.6 Å². The molecule has 0 atom stereocenters. The molecule has 23 heavy (non-hydrogen) atoms. The summed E-state index contributed by atoms with van der Waals surface area (Å²) in [6.07, 6.45) is 0. The highest BCUT2D eigenvalue weighted by atomic mass is 35.5. The number of fused-ring (bicyclic) bond motifs is 1. The number of aromatic nitrogens is 5. The molecule has 0 aliphatic rings. The number of nitrogens with zero attached hydrogens (tertiary/aromatic N) is 5. The van der Waals surface area contributed by atoms with Gasteiger partial charge in [-0.2, -0.15) is 4.68 Å². The lowest BCUT2D eigenvalue weighted by Gasteiger charge is -2.03. The quantitative estimate of drug-likeness (QED) is 0.511. The van der Waals surface area contributed by atoms with Crippen LogP contribution in [0.1, 0.15) is 5.82 Å². The van der Waals surface area contributed by atoms with Gasteiger partial charge in [-0.25, -0.2) is 4.98 Å². The number of tetrazole rings is 1. The van der Waals surface area contributed by atoms with Crippen LogP contribution in [0.5, 0.6) is 0 Å².